The molecule has 0 spiro atoms. The molecule has 1 aliphatic rings. The van der Waals surface area contributed by atoms with Gasteiger partial charge in [0.05, 0.1) is 6.54 Å². The number of hydrogen-bond donors (Lipinski definition) is 2. The highest BCUT2D eigenvalue weighted by molar-refractivity contribution is 5.87. The van der Waals surface area contributed by atoms with Gasteiger partial charge >= 0.3 is 5.97 Å². The number of nitrogens with zero attached hydrogens (tertiary/aromatic N) is 1. The Labute approximate surface area is 105 Å². The predicted molar refractivity (Wildman–Crippen MR) is 61.9 cm³/mol. The summed E-state index contributed by atoms with van der Waals surface area (Å²) in [5.74, 6) is -1.69. The lowest BCUT2D eigenvalue weighted by Crippen LogP contribution is -2.42. The van der Waals surface area contributed by atoms with Gasteiger partial charge in [-0.1, -0.05) is 0 Å². The lowest BCUT2D eigenvalue weighted by molar-refractivity contribution is -0.152. The van der Waals surface area contributed by atoms with Gasteiger partial charge in [0.15, 0.2) is 6.10 Å². The molecule has 0 aromatic heterocycles. The Kier molecular flexibility index (Phi) is 5.08. The summed E-state index contributed by atoms with van der Waals surface area (Å²) in [6.45, 7) is 2.30. The third-order valence-corrected chi connectivity index (χ3v) is 2.90. The summed E-state index contributed by atoms with van der Waals surface area (Å²) in [6.07, 6.45) is -1.02. The van der Waals surface area contributed by atoms with E-state index < -0.39 is 24.1 Å². The Morgan fingerprint density at radius 1 is 1.33 bits per heavy atom. The van der Waals surface area contributed by atoms with E-state index in [0.29, 0.717) is 19.4 Å². The van der Waals surface area contributed by atoms with Crippen molar-refractivity contribution in [1.29, 1.82) is 0 Å². The molecule has 0 saturated carbocycles. The largest absolute Gasteiger partial charge is 0.479 e. The average molecular weight is 258 g/mol. The lowest BCUT2D eigenvalue weighted by atomic mass is 10.2. The summed E-state index contributed by atoms with van der Waals surface area (Å²) in [4.78, 5) is 35.2. The van der Waals surface area contributed by atoms with Crippen LogP contribution in [0.5, 0.6) is 0 Å². The molecule has 1 fully saturated rings. The molecule has 1 aliphatic heterocycles. The third-order valence-electron chi connectivity index (χ3n) is 2.90. The number of nitrogens with one attached hydrogen (secondary N) is 1. The maximum atomic E-state index is 11.6. The number of amides is 2. The first-order valence-corrected chi connectivity index (χ1v) is 5.85. The van der Waals surface area contributed by atoms with Crippen molar-refractivity contribution in [3.63, 3.8) is 0 Å². The van der Waals surface area contributed by atoms with Crippen LogP contribution in [-0.2, 0) is 19.1 Å². The van der Waals surface area contributed by atoms with Crippen LogP contribution >= 0.6 is 0 Å². The minimum absolute atomic E-state index is 0.0965. The molecule has 7 heteroatoms. The van der Waals surface area contributed by atoms with Gasteiger partial charge in [-0.15, -0.1) is 0 Å². The van der Waals surface area contributed by atoms with E-state index in [1.807, 2.05) is 6.92 Å². The smallest absolute Gasteiger partial charge is 0.332 e. The zero-order valence-corrected chi connectivity index (χ0v) is 10.5. The van der Waals surface area contributed by atoms with Crippen LogP contribution in [0, 0.1) is 0 Å². The van der Waals surface area contributed by atoms with E-state index in [4.69, 9.17) is 9.84 Å². The Morgan fingerprint density at radius 3 is 2.44 bits per heavy atom. The number of carboxylic acids is 1. The van der Waals surface area contributed by atoms with Crippen LogP contribution in [0.1, 0.15) is 19.8 Å². The van der Waals surface area contributed by atoms with Crippen molar-refractivity contribution in [3.05, 3.63) is 0 Å². The number of ether oxygens (including phenoxy) is 1. The van der Waals surface area contributed by atoms with E-state index >= 15 is 0 Å². The van der Waals surface area contributed by atoms with E-state index in [0.717, 1.165) is 0 Å². The molecule has 0 radical (unpaired) electrons. The Morgan fingerprint density at radius 2 is 1.94 bits per heavy atom. The zero-order valence-electron chi connectivity index (χ0n) is 10.5. The SMILES string of the molecule is CCN(C)C(=O)CNC(=O)C1CCC(C(=O)O)O1. The van der Waals surface area contributed by atoms with E-state index in [2.05, 4.69) is 5.32 Å². The standard InChI is InChI=1S/C11H18N2O5/c1-3-13(2)9(14)6-12-10(15)7-4-5-8(18-7)11(16)17/h7-8H,3-6H2,1-2H3,(H,12,15)(H,16,17). The molecule has 2 N–H and O–H groups in total. The molecule has 1 heterocycles. The number of hydrogen-bond acceptors (Lipinski definition) is 4. The second kappa shape index (κ2) is 6.34. The molecule has 2 amide bonds. The molecular weight excluding hydrogens is 240 g/mol. The van der Waals surface area contributed by atoms with E-state index in [1.54, 1.807) is 7.05 Å². The summed E-state index contributed by atoms with van der Waals surface area (Å²) in [5.41, 5.74) is 0. The highest BCUT2D eigenvalue weighted by Crippen LogP contribution is 2.19. The van der Waals surface area contributed by atoms with E-state index in [-0.39, 0.29) is 12.5 Å². The van der Waals surface area contributed by atoms with Crippen molar-refractivity contribution in [2.24, 2.45) is 0 Å². The van der Waals surface area contributed by atoms with Crippen LogP contribution in [0.3, 0.4) is 0 Å². The number of carbonyl (C=O) groups is 3. The van der Waals surface area contributed by atoms with Crippen molar-refractivity contribution in [2.45, 2.75) is 32.0 Å². The van der Waals surface area contributed by atoms with Gasteiger partial charge in [0.1, 0.15) is 6.10 Å². The first-order valence-electron chi connectivity index (χ1n) is 5.85. The number of carboxylic acid groups (broad SMARTS) is 1. The quantitative estimate of drug-likeness (QED) is 0.674. The van der Waals surface area contributed by atoms with Crippen molar-refractivity contribution < 1.29 is 24.2 Å². The molecule has 0 aromatic rings. The Balaban J connectivity index is 2.34. The predicted octanol–water partition coefficient (Wildman–Crippen LogP) is -0.787. The van der Waals surface area contributed by atoms with Gasteiger partial charge in [0.25, 0.3) is 0 Å². The van der Waals surface area contributed by atoms with Gasteiger partial charge in [-0.3, -0.25) is 9.59 Å². The highest BCUT2D eigenvalue weighted by Gasteiger charge is 2.34. The fourth-order valence-corrected chi connectivity index (χ4v) is 1.60. The molecule has 0 bridgehead atoms. The first kappa shape index (κ1) is 14.4. The fourth-order valence-electron chi connectivity index (χ4n) is 1.60. The zero-order chi connectivity index (χ0) is 13.7. The van der Waals surface area contributed by atoms with Crippen molar-refractivity contribution in [2.75, 3.05) is 20.1 Å². The molecule has 2 atom stereocenters. The first-order chi connectivity index (χ1) is 8.45. The summed E-state index contributed by atoms with van der Waals surface area (Å²) < 4.78 is 5.07. The highest BCUT2D eigenvalue weighted by atomic mass is 16.5. The maximum absolute atomic E-state index is 11.6. The van der Waals surface area contributed by atoms with Crippen LogP contribution in [0.4, 0.5) is 0 Å². The third kappa shape index (κ3) is 3.69. The molecule has 0 aliphatic carbocycles. The molecular formula is C11H18N2O5. The fraction of sp³-hybridized carbons (Fsp3) is 0.727. The molecule has 2 unspecified atom stereocenters. The van der Waals surface area contributed by atoms with Gasteiger partial charge in [-0.05, 0) is 19.8 Å². The molecule has 102 valence electrons. The van der Waals surface area contributed by atoms with Gasteiger partial charge in [0.2, 0.25) is 11.8 Å². The van der Waals surface area contributed by atoms with Crippen LogP contribution in [0.15, 0.2) is 0 Å². The van der Waals surface area contributed by atoms with Crippen LogP contribution in [0.2, 0.25) is 0 Å². The Bertz CT molecular complexity index is 344. The minimum Gasteiger partial charge on any atom is -0.479 e. The molecule has 7 nitrogen and oxygen atoms in total. The van der Waals surface area contributed by atoms with Gasteiger partial charge < -0.3 is 20.1 Å². The van der Waals surface area contributed by atoms with E-state index in [9.17, 15) is 14.4 Å². The van der Waals surface area contributed by atoms with E-state index in [1.165, 1.54) is 4.90 Å². The van der Waals surface area contributed by atoms with Crippen LogP contribution < -0.4 is 5.32 Å². The number of rotatable bonds is 5. The van der Waals surface area contributed by atoms with Gasteiger partial charge in [-0.2, -0.15) is 0 Å². The second-order valence-corrected chi connectivity index (χ2v) is 4.15. The number of carbonyl (C=O) groups excluding carboxylic acids is 2. The summed E-state index contributed by atoms with van der Waals surface area (Å²) >= 11 is 0. The van der Waals surface area contributed by atoms with Crippen molar-refractivity contribution in [3.8, 4) is 0 Å². The normalized spacial score (nSPS) is 22.6. The monoisotopic (exact) mass is 258 g/mol. The second-order valence-electron chi connectivity index (χ2n) is 4.15. The van der Waals surface area contributed by atoms with Crippen LogP contribution in [0.25, 0.3) is 0 Å². The maximum Gasteiger partial charge on any atom is 0.332 e. The number of aliphatic carboxylic acids is 1. The summed E-state index contributed by atoms with van der Waals surface area (Å²) in [7, 11) is 1.64. The van der Waals surface area contributed by atoms with Crippen LogP contribution in [-0.4, -0.2) is 60.1 Å². The van der Waals surface area contributed by atoms with Gasteiger partial charge in [-0.25, -0.2) is 4.79 Å². The molecule has 18 heavy (non-hydrogen) atoms. The molecule has 1 saturated heterocycles. The van der Waals surface area contributed by atoms with Crippen molar-refractivity contribution in [1.82, 2.24) is 10.2 Å². The number of likely N-dealkylation sites (N-methyl/N-ethyl adjacent to an activating group) is 1. The molecule has 0 aromatic carbocycles. The summed E-state index contributed by atoms with van der Waals surface area (Å²) in [5, 5.41) is 11.2. The van der Waals surface area contributed by atoms with Crippen molar-refractivity contribution >= 4 is 17.8 Å². The Hall–Kier alpha value is -1.63. The minimum atomic E-state index is -1.06. The topological polar surface area (TPSA) is 95.9 Å². The average Bonchev–Trinajstić information content (AvgIpc) is 2.84. The lowest BCUT2D eigenvalue weighted by Gasteiger charge is -2.16. The summed E-state index contributed by atoms with van der Waals surface area (Å²) in [6, 6.07) is 0. The molecule has 1 rings (SSSR count). The van der Waals surface area contributed by atoms with Gasteiger partial charge in [0, 0.05) is 13.6 Å².